The third-order valence-electron chi connectivity index (χ3n) is 2.00. The van der Waals surface area contributed by atoms with Crippen LogP contribution in [0.5, 0.6) is 0 Å². The van der Waals surface area contributed by atoms with E-state index in [1.165, 1.54) is 6.07 Å². The summed E-state index contributed by atoms with van der Waals surface area (Å²) in [5, 5.41) is 0. The van der Waals surface area contributed by atoms with E-state index >= 15 is 0 Å². The highest BCUT2D eigenvalue weighted by Crippen LogP contribution is 2.11. The zero-order valence-electron chi connectivity index (χ0n) is 7.13. The van der Waals surface area contributed by atoms with Gasteiger partial charge in [0.1, 0.15) is 5.82 Å². The lowest BCUT2D eigenvalue weighted by Gasteiger charge is -1.99. The monoisotopic (exact) mass is 175 g/mol. The third kappa shape index (κ3) is 1.78. The number of benzene rings is 1. The van der Waals surface area contributed by atoms with Crippen molar-refractivity contribution >= 4 is 0 Å². The van der Waals surface area contributed by atoms with Crippen molar-refractivity contribution in [2.75, 3.05) is 0 Å². The molecule has 2 rings (SSSR count). The van der Waals surface area contributed by atoms with E-state index in [1.54, 1.807) is 12.1 Å². The molecule has 0 aliphatic rings. The second kappa shape index (κ2) is 3.44. The lowest BCUT2D eigenvalue weighted by molar-refractivity contribution is 0.613. The first-order valence-corrected chi connectivity index (χ1v) is 4.22. The van der Waals surface area contributed by atoms with Crippen LogP contribution < -0.4 is 0 Å². The number of rotatable bonds is 2. The van der Waals surface area contributed by atoms with Crippen molar-refractivity contribution < 1.29 is 4.39 Å². The van der Waals surface area contributed by atoms with Gasteiger partial charge >= 0.3 is 0 Å². The highest BCUT2D eigenvalue weighted by Gasteiger charge is 2.01. The van der Waals surface area contributed by atoms with Crippen LogP contribution in [0.15, 0.2) is 42.6 Å². The zero-order chi connectivity index (χ0) is 9.10. The lowest BCUT2D eigenvalue weighted by Crippen LogP contribution is -1.91. The molecule has 1 N–H and O–H groups in total. The molecule has 2 heteroatoms. The molecular weight excluding hydrogens is 165 g/mol. The van der Waals surface area contributed by atoms with Crippen LogP contribution in [0.25, 0.3) is 0 Å². The van der Waals surface area contributed by atoms with E-state index in [0.29, 0.717) is 6.42 Å². The maximum Gasteiger partial charge on any atom is 0.126 e. The summed E-state index contributed by atoms with van der Waals surface area (Å²) in [6.07, 6.45) is 2.47. The smallest absolute Gasteiger partial charge is 0.126 e. The Balaban J connectivity index is 2.24. The minimum absolute atomic E-state index is 0.142. The molecule has 1 nitrogen and oxygen atoms in total. The van der Waals surface area contributed by atoms with Crippen molar-refractivity contribution in [2.24, 2.45) is 0 Å². The van der Waals surface area contributed by atoms with Gasteiger partial charge in [-0.2, -0.15) is 0 Å². The van der Waals surface area contributed by atoms with Gasteiger partial charge in [-0.05, 0) is 23.8 Å². The maximum absolute atomic E-state index is 13.2. The average Bonchev–Trinajstić information content (AvgIpc) is 2.61. The molecule has 1 aromatic carbocycles. The molecule has 1 aromatic heterocycles. The predicted octanol–water partition coefficient (Wildman–Crippen LogP) is 2.74. The molecule has 0 radical (unpaired) electrons. The molecule has 0 bridgehead atoms. The Morgan fingerprint density at radius 1 is 1.08 bits per heavy atom. The highest BCUT2D eigenvalue weighted by atomic mass is 19.1. The molecule has 66 valence electrons. The van der Waals surface area contributed by atoms with Gasteiger partial charge in [-0.15, -0.1) is 0 Å². The largest absolute Gasteiger partial charge is 0.365 e. The highest BCUT2D eigenvalue weighted by molar-refractivity contribution is 5.23. The molecule has 0 atom stereocenters. The number of halogens is 1. The number of hydrogen-bond donors (Lipinski definition) is 1. The third-order valence-corrected chi connectivity index (χ3v) is 2.00. The molecule has 0 aliphatic heterocycles. The summed E-state index contributed by atoms with van der Waals surface area (Å²) in [6, 6.07) is 10.7. The van der Waals surface area contributed by atoms with Crippen LogP contribution >= 0.6 is 0 Å². The fraction of sp³-hybridized carbons (Fsp3) is 0.0909. The zero-order valence-corrected chi connectivity index (χ0v) is 7.13. The molecule has 0 spiro atoms. The van der Waals surface area contributed by atoms with E-state index < -0.39 is 0 Å². The van der Waals surface area contributed by atoms with Gasteiger partial charge in [-0.3, -0.25) is 0 Å². The van der Waals surface area contributed by atoms with Crippen LogP contribution in [0, 0.1) is 5.82 Å². The van der Waals surface area contributed by atoms with Crippen LogP contribution in [0.1, 0.15) is 11.3 Å². The molecule has 0 aliphatic carbocycles. The normalized spacial score (nSPS) is 10.2. The van der Waals surface area contributed by atoms with Crippen LogP contribution in [0.3, 0.4) is 0 Å². The Kier molecular flexibility index (Phi) is 2.13. The van der Waals surface area contributed by atoms with E-state index in [0.717, 1.165) is 11.3 Å². The Morgan fingerprint density at radius 3 is 2.62 bits per heavy atom. The summed E-state index contributed by atoms with van der Waals surface area (Å²) < 4.78 is 13.2. The van der Waals surface area contributed by atoms with Crippen LogP contribution in [-0.4, -0.2) is 4.98 Å². The SMILES string of the molecule is Fc1ccccc1Cc1ccc[nH]1. The maximum atomic E-state index is 13.2. The number of hydrogen-bond acceptors (Lipinski definition) is 0. The van der Waals surface area contributed by atoms with E-state index in [1.807, 2.05) is 24.4 Å². The molecule has 0 amide bonds. The number of aromatic nitrogens is 1. The molecule has 0 fully saturated rings. The van der Waals surface area contributed by atoms with Gasteiger partial charge < -0.3 is 4.98 Å². The van der Waals surface area contributed by atoms with E-state index in [4.69, 9.17) is 0 Å². The molecular formula is C11H10FN. The minimum Gasteiger partial charge on any atom is -0.365 e. The van der Waals surface area contributed by atoms with Crippen LogP contribution in [-0.2, 0) is 6.42 Å². The summed E-state index contributed by atoms with van der Waals surface area (Å²) in [5.41, 5.74) is 1.76. The van der Waals surface area contributed by atoms with E-state index in [9.17, 15) is 4.39 Å². The second-order valence-electron chi connectivity index (χ2n) is 2.96. The number of nitrogens with one attached hydrogen (secondary N) is 1. The average molecular weight is 175 g/mol. The Labute approximate surface area is 76.2 Å². The number of H-pyrrole nitrogens is 1. The first-order chi connectivity index (χ1) is 6.36. The fourth-order valence-corrected chi connectivity index (χ4v) is 1.32. The Morgan fingerprint density at radius 2 is 1.92 bits per heavy atom. The standard InChI is InChI=1S/C11H10FN/c12-11-6-2-1-4-9(11)8-10-5-3-7-13-10/h1-7,13H,8H2. The topological polar surface area (TPSA) is 15.8 Å². The second-order valence-corrected chi connectivity index (χ2v) is 2.96. The van der Waals surface area contributed by atoms with Crippen molar-refractivity contribution in [2.45, 2.75) is 6.42 Å². The Hall–Kier alpha value is -1.57. The molecule has 2 aromatic rings. The molecule has 1 heterocycles. The molecule has 0 saturated heterocycles. The van der Waals surface area contributed by atoms with Crippen molar-refractivity contribution in [1.82, 2.24) is 4.98 Å². The molecule has 0 saturated carbocycles. The van der Waals surface area contributed by atoms with E-state index in [2.05, 4.69) is 4.98 Å². The van der Waals surface area contributed by atoms with Gasteiger partial charge in [0.25, 0.3) is 0 Å². The van der Waals surface area contributed by atoms with E-state index in [-0.39, 0.29) is 5.82 Å². The minimum atomic E-state index is -0.142. The summed E-state index contributed by atoms with van der Waals surface area (Å²) in [5.74, 6) is -0.142. The van der Waals surface area contributed by atoms with Crippen molar-refractivity contribution in [1.29, 1.82) is 0 Å². The quantitative estimate of drug-likeness (QED) is 0.722. The summed E-state index contributed by atoms with van der Waals surface area (Å²) in [7, 11) is 0. The van der Waals surface area contributed by atoms with Crippen LogP contribution in [0.2, 0.25) is 0 Å². The fourth-order valence-electron chi connectivity index (χ4n) is 1.32. The summed E-state index contributed by atoms with van der Waals surface area (Å²) >= 11 is 0. The van der Waals surface area contributed by atoms with Gasteiger partial charge in [-0.1, -0.05) is 18.2 Å². The first-order valence-electron chi connectivity index (χ1n) is 4.22. The van der Waals surface area contributed by atoms with Gasteiger partial charge in [-0.25, -0.2) is 4.39 Å². The van der Waals surface area contributed by atoms with Crippen molar-refractivity contribution in [3.63, 3.8) is 0 Å². The van der Waals surface area contributed by atoms with Gasteiger partial charge in [0.2, 0.25) is 0 Å². The summed E-state index contributed by atoms with van der Waals surface area (Å²) in [4.78, 5) is 3.05. The van der Waals surface area contributed by atoms with Gasteiger partial charge in [0.15, 0.2) is 0 Å². The number of aromatic amines is 1. The first kappa shape index (κ1) is 8.05. The van der Waals surface area contributed by atoms with Crippen molar-refractivity contribution in [3.8, 4) is 0 Å². The predicted molar refractivity (Wildman–Crippen MR) is 50.0 cm³/mol. The Bertz CT molecular complexity index is 379. The lowest BCUT2D eigenvalue weighted by atomic mass is 10.1. The summed E-state index contributed by atoms with van der Waals surface area (Å²) in [6.45, 7) is 0. The molecule has 0 unspecified atom stereocenters. The molecule has 13 heavy (non-hydrogen) atoms. The van der Waals surface area contributed by atoms with Gasteiger partial charge in [0, 0.05) is 18.3 Å². The van der Waals surface area contributed by atoms with Crippen LogP contribution in [0.4, 0.5) is 4.39 Å². The van der Waals surface area contributed by atoms with Gasteiger partial charge in [0.05, 0.1) is 0 Å². The van der Waals surface area contributed by atoms with Crippen molar-refractivity contribution in [3.05, 3.63) is 59.7 Å².